The summed E-state index contributed by atoms with van der Waals surface area (Å²) in [5, 5.41) is 9.25. The van der Waals surface area contributed by atoms with Crippen LogP contribution in [0.3, 0.4) is 0 Å². The highest BCUT2D eigenvalue weighted by Gasteiger charge is 2.29. The van der Waals surface area contributed by atoms with Gasteiger partial charge in [-0.1, -0.05) is 19.9 Å². The molecule has 1 atom stereocenters. The van der Waals surface area contributed by atoms with Gasteiger partial charge in [-0.2, -0.15) is 4.72 Å². The Hall–Kier alpha value is -1.40. The first-order valence-electron chi connectivity index (χ1n) is 7.30. The molecule has 0 fully saturated rings. The van der Waals surface area contributed by atoms with Gasteiger partial charge < -0.3 is 5.11 Å². The minimum Gasteiger partial charge on any atom is -0.480 e. The fourth-order valence-electron chi connectivity index (χ4n) is 2.50. The van der Waals surface area contributed by atoms with Gasteiger partial charge in [0.15, 0.2) is 0 Å². The second-order valence-electron chi connectivity index (χ2n) is 6.23. The summed E-state index contributed by atoms with van der Waals surface area (Å²) < 4.78 is 27.7. The first-order chi connectivity index (χ1) is 9.97. The van der Waals surface area contributed by atoms with E-state index in [4.69, 9.17) is 0 Å². The summed E-state index contributed by atoms with van der Waals surface area (Å²) in [7, 11) is -3.89. The molecule has 0 bridgehead atoms. The molecule has 22 heavy (non-hydrogen) atoms. The summed E-state index contributed by atoms with van der Waals surface area (Å²) in [5.74, 6) is -1.08. The monoisotopic (exact) mass is 327 g/mol. The van der Waals surface area contributed by atoms with Gasteiger partial charge in [0.2, 0.25) is 10.0 Å². The van der Waals surface area contributed by atoms with Crippen LogP contribution >= 0.6 is 0 Å². The molecule has 2 N–H and O–H groups in total. The van der Waals surface area contributed by atoms with E-state index in [-0.39, 0.29) is 17.2 Å². The maximum absolute atomic E-state index is 12.7. The summed E-state index contributed by atoms with van der Waals surface area (Å²) in [5.41, 5.74) is 3.06. The van der Waals surface area contributed by atoms with E-state index in [2.05, 4.69) is 4.72 Å². The Morgan fingerprint density at radius 3 is 1.95 bits per heavy atom. The van der Waals surface area contributed by atoms with Crippen LogP contribution in [0.25, 0.3) is 0 Å². The highest BCUT2D eigenvalue weighted by Crippen LogP contribution is 2.26. The Bertz CT molecular complexity index is 652. The molecule has 124 valence electrons. The van der Waals surface area contributed by atoms with Crippen LogP contribution in [-0.2, 0) is 14.8 Å². The molecular formula is C16H25NO4S. The van der Waals surface area contributed by atoms with Crippen LogP contribution in [0.1, 0.15) is 42.5 Å². The molecule has 0 aliphatic carbocycles. The van der Waals surface area contributed by atoms with Crippen molar-refractivity contribution in [1.29, 1.82) is 0 Å². The van der Waals surface area contributed by atoms with Crippen molar-refractivity contribution in [3.8, 4) is 0 Å². The Morgan fingerprint density at radius 2 is 1.59 bits per heavy atom. The Morgan fingerprint density at radius 1 is 1.14 bits per heavy atom. The van der Waals surface area contributed by atoms with Crippen molar-refractivity contribution in [2.75, 3.05) is 0 Å². The molecule has 1 aromatic carbocycles. The molecule has 0 aliphatic heterocycles. The number of hydrogen-bond acceptors (Lipinski definition) is 3. The Labute approximate surface area is 132 Å². The SMILES string of the molecule is Cc1cc(C)c(C)c(S(=O)(=O)NC(CC(C)C)C(=O)O)c1C. The van der Waals surface area contributed by atoms with Crippen LogP contribution in [0.2, 0.25) is 0 Å². The zero-order chi connectivity index (χ0) is 17.2. The zero-order valence-electron chi connectivity index (χ0n) is 14.0. The number of carbonyl (C=O) groups is 1. The van der Waals surface area contributed by atoms with Crippen LogP contribution in [0.4, 0.5) is 0 Å². The molecule has 0 radical (unpaired) electrons. The number of benzene rings is 1. The smallest absolute Gasteiger partial charge is 0.321 e. The van der Waals surface area contributed by atoms with Gasteiger partial charge in [-0.25, -0.2) is 8.42 Å². The van der Waals surface area contributed by atoms with E-state index in [0.29, 0.717) is 11.1 Å². The Balaban J connectivity index is 3.33. The third-order valence-corrected chi connectivity index (χ3v) is 5.61. The molecule has 1 aromatic rings. The van der Waals surface area contributed by atoms with Crippen molar-refractivity contribution in [3.63, 3.8) is 0 Å². The number of rotatable bonds is 6. The average molecular weight is 327 g/mol. The number of sulfonamides is 1. The molecule has 1 unspecified atom stereocenters. The molecular weight excluding hydrogens is 302 g/mol. The van der Waals surface area contributed by atoms with Crippen LogP contribution in [0, 0.1) is 33.6 Å². The second kappa shape index (κ2) is 6.79. The van der Waals surface area contributed by atoms with Gasteiger partial charge in [-0.15, -0.1) is 0 Å². The average Bonchev–Trinajstić information content (AvgIpc) is 2.34. The normalized spacial score (nSPS) is 13.4. The standard InChI is InChI=1S/C16H25NO4S/c1-9(2)7-14(16(18)19)17-22(20,21)15-12(5)10(3)8-11(4)13(15)6/h8-9,14,17H,7H2,1-6H3,(H,18,19). The molecule has 1 rings (SSSR count). The predicted molar refractivity (Wildman–Crippen MR) is 86.6 cm³/mol. The highest BCUT2D eigenvalue weighted by atomic mass is 32.2. The van der Waals surface area contributed by atoms with Crippen LogP contribution in [0.5, 0.6) is 0 Å². The van der Waals surface area contributed by atoms with Gasteiger partial charge in [0.25, 0.3) is 0 Å². The van der Waals surface area contributed by atoms with E-state index < -0.39 is 22.0 Å². The van der Waals surface area contributed by atoms with Crippen molar-refractivity contribution in [2.45, 2.75) is 58.9 Å². The summed E-state index contributed by atoms with van der Waals surface area (Å²) in [6.07, 6.45) is 0.247. The van der Waals surface area contributed by atoms with Gasteiger partial charge >= 0.3 is 5.97 Å². The quantitative estimate of drug-likeness (QED) is 0.841. The van der Waals surface area contributed by atoms with E-state index in [1.165, 1.54) is 0 Å². The number of carboxylic acids is 1. The van der Waals surface area contributed by atoms with E-state index in [9.17, 15) is 18.3 Å². The summed E-state index contributed by atoms with van der Waals surface area (Å²) in [6, 6.07) is 0.816. The minimum absolute atomic E-state index is 0.0743. The van der Waals surface area contributed by atoms with Gasteiger partial charge in [0.1, 0.15) is 6.04 Å². The molecule has 0 spiro atoms. The van der Waals surface area contributed by atoms with Crippen LogP contribution < -0.4 is 4.72 Å². The maximum Gasteiger partial charge on any atom is 0.321 e. The molecule has 0 amide bonds. The van der Waals surface area contributed by atoms with Gasteiger partial charge in [-0.05, 0) is 62.3 Å². The second-order valence-corrected chi connectivity index (χ2v) is 7.88. The van der Waals surface area contributed by atoms with Crippen molar-refractivity contribution >= 4 is 16.0 Å². The predicted octanol–water partition coefficient (Wildman–Crippen LogP) is 2.70. The first-order valence-corrected chi connectivity index (χ1v) is 8.78. The zero-order valence-corrected chi connectivity index (χ0v) is 14.8. The number of nitrogens with one attached hydrogen (secondary N) is 1. The highest BCUT2D eigenvalue weighted by molar-refractivity contribution is 7.89. The lowest BCUT2D eigenvalue weighted by Crippen LogP contribution is -2.42. The van der Waals surface area contributed by atoms with Crippen molar-refractivity contribution in [1.82, 2.24) is 4.72 Å². The third-order valence-electron chi connectivity index (χ3n) is 3.87. The van der Waals surface area contributed by atoms with Crippen molar-refractivity contribution < 1.29 is 18.3 Å². The molecule has 0 aromatic heterocycles. The van der Waals surface area contributed by atoms with Crippen LogP contribution in [0.15, 0.2) is 11.0 Å². The molecule has 0 aliphatic rings. The van der Waals surface area contributed by atoms with E-state index in [1.807, 2.05) is 33.8 Å². The number of carboxylic acid groups (broad SMARTS) is 1. The summed E-state index contributed by atoms with van der Waals surface area (Å²) >= 11 is 0. The van der Waals surface area contributed by atoms with E-state index >= 15 is 0 Å². The molecule has 5 nitrogen and oxygen atoms in total. The largest absolute Gasteiger partial charge is 0.480 e. The van der Waals surface area contributed by atoms with Crippen LogP contribution in [-0.4, -0.2) is 25.5 Å². The summed E-state index contributed by atoms with van der Waals surface area (Å²) in [6.45, 7) is 10.9. The summed E-state index contributed by atoms with van der Waals surface area (Å²) in [4.78, 5) is 11.5. The van der Waals surface area contributed by atoms with E-state index in [1.54, 1.807) is 13.8 Å². The fraction of sp³-hybridized carbons (Fsp3) is 0.562. The molecule has 6 heteroatoms. The lowest BCUT2D eigenvalue weighted by Gasteiger charge is -2.20. The number of aryl methyl sites for hydroxylation is 2. The topological polar surface area (TPSA) is 83.5 Å². The van der Waals surface area contributed by atoms with Crippen molar-refractivity contribution in [3.05, 3.63) is 28.3 Å². The first kappa shape index (κ1) is 18.6. The molecule has 0 saturated carbocycles. The molecule has 0 saturated heterocycles. The Kier molecular flexibility index (Phi) is 5.76. The lowest BCUT2D eigenvalue weighted by molar-refractivity contribution is -0.139. The third kappa shape index (κ3) is 4.08. The molecule has 0 heterocycles. The van der Waals surface area contributed by atoms with Crippen molar-refractivity contribution in [2.24, 2.45) is 5.92 Å². The van der Waals surface area contributed by atoms with Gasteiger partial charge in [0, 0.05) is 0 Å². The lowest BCUT2D eigenvalue weighted by atomic mass is 10.0. The minimum atomic E-state index is -3.89. The maximum atomic E-state index is 12.7. The van der Waals surface area contributed by atoms with Gasteiger partial charge in [0.05, 0.1) is 4.90 Å². The van der Waals surface area contributed by atoms with Gasteiger partial charge in [-0.3, -0.25) is 4.79 Å². The number of aliphatic carboxylic acids is 1. The number of hydrogen-bond donors (Lipinski definition) is 2. The fourth-order valence-corrected chi connectivity index (χ4v) is 4.32. The van der Waals surface area contributed by atoms with E-state index in [0.717, 1.165) is 11.1 Å².